The summed E-state index contributed by atoms with van der Waals surface area (Å²) in [7, 11) is 0. The van der Waals surface area contributed by atoms with E-state index in [0.29, 0.717) is 23.5 Å². The van der Waals surface area contributed by atoms with Crippen molar-refractivity contribution in [2.24, 2.45) is 0 Å². The van der Waals surface area contributed by atoms with E-state index in [1.165, 1.54) is 5.01 Å². The first-order chi connectivity index (χ1) is 12.3. The second kappa shape index (κ2) is 8.04. The first kappa shape index (κ1) is 19.5. The molecular formula is C21H26N2O3. The lowest BCUT2D eigenvalue weighted by atomic mass is 10.1. The Labute approximate surface area is 154 Å². The van der Waals surface area contributed by atoms with Crippen LogP contribution in [0.3, 0.4) is 0 Å². The van der Waals surface area contributed by atoms with E-state index in [1.807, 2.05) is 46.8 Å². The molecular weight excluding hydrogens is 328 g/mol. The van der Waals surface area contributed by atoms with Gasteiger partial charge in [-0.15, -0.1) is 0 Å². The van der Waals surface area contributed by atoms with Crippen molar-refractivity contribution in [1.29, 1.82) is 0 Å². The summed E-state index contributed by atoms with van der Waals surface area (Å²) in [5, 5.41) is 1.37. The van der Waals surface area contributed by atoms with E-state index in [0.717, 1.165) is 5.56 Å². The second-order valence-electron chi connectivity index (χ2n) is 6.98. The van der Waals surface area contributed by atoms with E-state index in [1.54, 1.807) is 36.4 Å². The highest BCUT2D eigenvalue weighted by molar-refractivity contribution is 6.00. The lowest BCUT2D eigenvalue weighted by molar-refractivity contribution is 0.0358. The number of amides is 2. The summed E-state index contributed by atoms with van der Waals surface area (Å²) in [4.78, 5) is 25.8. The summed E-state index contributed by atoms with van der Waals surface area (Å²) < 4.78 is 5.56. The van der Waals surface area contributed by atoms with Crippen LogP contribution >= 0.6 is 0 Å². The van der Waals surface area contributed by atoms with Gasteiger partial charge in [-0.3, -0.25) is 15.0 Å². The number of rotatable bonds is 4. The minimum Gasteiger partial charge on any atom is -0.494 e. The van der Waals surface area contributed by atoms with Gasteiger partial charge in [0.25, 0.3) is 11.8 Å². The van der Waals surface area contributed by atoms with Gasteiger partial charge in [0.2, 0.25) is 0 Å². The zero-order chi connectivity index (χ0) is 19.3. The average molecular weight is 354 g/mol. The normalized spacial score (nSPS) is 11.0. The van der Waals surface area contributed by atoms with Crippen LogP contribution < -0.4 is 10.2 Å². The zero-order valence-electron chi connectivity index (χ0n) is 16.0. The first-order valence-electron chi connectivity index (χ1n) is 8.68. The molecule has 2 aromatic rings. The largest absolute Gasteiger partial charge is 0.494 e. The van der Waals surface area contributed by atoms with Crippen LogP contribution in [0.2, 0.25) is 0 Å². The number of nitrogens with one attached hydrogen (secondary N) is 1. The van der Waals surface area contributed by atoms with Crippen LogP contribution in [0.25, 0.3) is 0 Å². The van der Waals surface area contributed by atoms with Gasteiger partial charge in [0.05, 0.1) is 12.1 Å². The Kier molecular flexibility index (Phi) is 6.03. The summed E-state index contributed by atoms with van der Waals surface area (Å²) in [6.07, 6.45) is 0. The SMILES string of the molecule is CCOc1cccc(C(=O)NN(C(=O)c2ccccc2)C(C)(C)C)c1C. The van der Waals surface area contributed by atoms with Crippen LogP contribution in [-0.2, 0) is 0 Å². The Morgan fingerprint density at radius 2 is 1.69 bits per heavy atom. The molecule has 0 aliphatic heterocycles. The van der Waals surface area contributed by atoms with Gasteiger partial charge in [-0.2, -0.15) is 0 Å². The standard InChI is InChI=1S/C21H26N2O3/c1-6-26-18-14-10-13-17(15(18)2)19(24)22-23(21(3,4)5)20(25)16-11-8-7-9-12-16/h7-14H,6H2,1-5H3,(H,22,24). The minimum absolute atomic E-state index is 0.259. The molecule has 0 radical (unpaired) electrons. The van der Waals surface area contributed by atoms with Gasteiger partial charge >= 0.3 is 0 Å². The summed E-state index contributed by atoms with van der Waals surface area (Å²) in [5.41, 5.74) is 3.92. The van der Waals surface area contributed by atoms with Crippen molar-refractivity contribution in [2.75, 3.05) is 6.61 Å². The minimum atomic E-state index is -0.589. The van der Waals surface area contributed by atoms with Crippen molar-refractivity contribution in [3.63, 3.8) is 0 Å². The van der Waals surface area contributed by atoms with E-state index in [2.05, 4.69) is 5.43 Å². The lowest BCUT2D eigenvalue weighted by Crippen LogP contribution is -2.56. The predicted molar refractivity (Wildman–Crippen MR) is 102 cm³/mol. The highest BCUT2D eigenvalue weighted by atomic mass is 16.5. The van der Waals surface area contributed by atoms with Gasteiger partial charge in [0, 0.05) is 16.7 Å². The number of hydrazine groups is 1. The highest BCUT2D eigenvalue weighted by Crippen LogP contribution is 2.22. The van der Waals surface area contributed by atoms with Crippen molar-refractivity contribution < 1.29 is 14.3 Å². The molecule has 0 aliphatic carbocycles. The van der Waals surface area contributed by atoms with E-state index < -0.39 is 5.54 Å². The Bertz CT molecular complexity index is 780. The third-order valence-electron chi connectivity index (χ3n) is 3.94. The summed E-state index contributed by atoms with van der Waals surface area (Å²) in [6.45, 7) is 9.87. The first-order valence-corrected chi connectivity index (χ1v) is 8.68. The molecule has 138 valence electrons. The van der Waals surface area contributed by atoms with Crippen LogP contribution in [0.1, 0.15) is 54.0 Å². The molecule has 2 amide bonds. The van der Waals surface area contributed by atoms with Crippen molar-refractivity contribution in [3.05, 3.63) is 65.2 Å². The van der Waals surface area contributed by atoms with Crippen LogP contribution in [0, 0.1) is 6.92 Å². The Hall–Kier alpha value is -2.82. The maximum absolute atomic E-state index is 12.9. The average Bonchev–Trinajstić information content (AvgIpc) is 2.60. The van der Waals surface area contributed by atoms with Gasteiger partial charge in [0.1, 0.15) is 5.75 Å². The van der Waals surface area contributed by atoms with Crippen molar-refractivity contribution >= 4 is 11.8 Å². The Morgan fingerprint density at radius 3 is 2.27 bits per heavy atom. The number of carbonyl (C=O) groups excluding carboxylic acids is 2. The molecule has 0 atom stereocenters. The fraction of sp³-hybridized carbons (Fsp3) is 0.333. The number of nitrogens with zero attached hydrogens (tertiary/aromatic N) is 1. The van der Waals surface area contributed by atoms with Crippen molar-refractivity contribution in [2.45, 2.75) is 40.2 Å². The molecule has 0 bridgehead atoms. The maximum Gasteiger partial charge on any atom is 0.272 e. The molecule has 0 heterocycles. The molecule has 5 nitrogen and oxygen atoms in total. The number of hydrogen-bond donors (Lipinski definition) is 1. The molecule has 0 fully saturated rings. The van der Waals surface area contributed by atoms with Crippen molar-refractivity contribution in [3.8, 4) is 5.75 Å². The van der Waals surface area contributed by atoms with E-state index in [4.69, 9.17) is 4.74 Å². The predicted octanol–water partition coefficient (Wildman–Crippen LogP) is 3.98. The Morgan fingerprint density at radius 1 is 1.04 bits per heavy atom. The van der Waals surface area contributed by atoms with Crippen LogP contribution in [-0.4, -0.2) is 29.0 Å². The fourth-order valence-electron chi connectivity index (χ4n) is 2.57. The number of hydrogen-bond acceptors (Lipinski definition) is 3. The van der Waals surface area contributed by atoms with Gasteiger partial charge in [-0.1, -0.05) is 24.3 Å². The second-order valence-corrected chi connectivity index (χ2v) is 6.98. The van der Waals surface area contributed by atoms with Crippen LogP contribution in [0.5, 0.6) is 5.75 Å². The summed E-state index contributed by atoms with van der Waals surface area (Å²) in [5.74, 6) is 0.0603. The number of benzene rings is 2. The van der Waals surface area contributed by atoms with Crippen LogP contribution in [0.15, 0.2) is 48.5 Å². The molecule has 2 rings (SSSR count). The van der Waals surface area contributed by atoms with Crippen molar-refractivity contribution in [1.82, 2.24) is 10.4 Å². The smallest absolute Gasteiger partial charge is 0.272 e. The van der Waals surface area contributed by atoms with E-state index in [9.17, 15) is 9.59 Å². The molecule has 0 aromatic heterocycles. The van der Waals surface area contributed by atoms with Crippen LogP contribution in [0.4, 0.5) is 0 Å². The quantitative estimate of drug-likeness (QED) is 0.845. The van der Waals surface area contributed by atoms with E-state index >= 15 is 0 Å². The van der Waals surface area contributed by atoms with Gasteiger partial charge in [-0.05, 0) is 58.9 Å². The summed E-state index contributed by atoms with van der Waals surface area (Å²) >= 11 is 0. The number of ether oxygens (including phenoxy) is 1. The molecule has 0 aliphatic rings. The lowest BCUT2D eigenvalue weighted by Gasteiger charge is -2.35. The van der Waals surface area contributed by atoms with E-state index in [-0.39, 0.29) is 11.8 Å². The zero-order valence-corrected chi connectivity index (χ0v) is 16.0. The van der Waals surface area contributed by atoms with Gasteiger partial charge < -0.3 is 4.74 Å². The third-order valence-corrected chi connectivity index (χ3v) is 3.94. The monoisotopic (exact) mass is 354 g/mol. The molecule has 26 heavy (non-hydrogen) atoms. The van der Waals surface area contributed by atoms with Gasteiger partial charge in [0.15, 0.2) is 0 Å². The molecule has 0 saturated carbocycles. The molecule has 0 unspecified atom stereocenters. The fourth-order valence-corrected chi connectivity index (χ4v) is 2.57. The summed E-state index contributed by atoms with van der Waals surface area (Å²) in [6, 6.07) is 14.2. The third kappa shape index (κ3) is 4.42. The highest BCUT2D eigenvalue weighted by Gasteiger charge is 2.30. The Balaban J connectivity index is 2.31. The molecule has 1 N–H and O–H groups in total. The molecule has 2 aromatic carbocycles. The molecule has 0 saturated heterocycles. The topological polar surface area (TPSA) is 58.6 Å². The molecule has 5 heteroatoms. The molecule has 0 spiro atoms. The number of carbonyl (C=O) groups is 2. The maximum atomic E-state index is 12.9. The van der Waals surface area contributed by atoms with Gasteiger partial charge in [-0.25, -0.2) is 5.01 Å².